The Morgan fingerprint density at radius 3 is 3.23 bits per heavy atom. The first kappa shape index (κ1) is 7.71. The Kier molecular flexibility index (Phi) is 1.69. The van der Waals surface area contributed by atoms with Crippen molar-refractivity contribution >= 4 is 22.7 Å². The van der Waals surface area contributed by atoms with Crippen molar-refractivity contribution in [2.45, 2.75) is 0 Å². The van der Waals surface area contributed by atoms with Crippen molar-refractivity contribution in [2.75, 3.05) is 0 Å². The van der Waals surface area contributed by atoms with Crippen molar-refractivity contribution in [3.05, 3.63) is 24.7 Å². The SMILES string of the molecule is Cn1cc(N=C=O)c2ccncc21. The van der Waals surface area contributed by atoms with Gasteiger partial charge in [-0.25, -0.2) is 4.79 Å². The predicted molar refractivity (Wildman–Crippen MR) is 48.5 cm³/mol. The number of pyridine rings is 1. The van der Waals surface area contributed by atoms with Crippen LogP contribution in [0.4, 0.5) is 5.69 Å². The van der Waals surface area contributed by atoms with Crippen LogP contribution in [0.1, 0.15) is 0 Å². The molecule has 0 radical (unpaired) electrons. The number of aryl methyl sites for hydroxylation is 1. The Labute approximate surface area is 74.5 Å². The van der Waals surface area contributed by atoms with Crippen molar-refractivity contribution in [1.29, 1.82) is 0 Å². The largest absolute Gasteiger partial charge is 0.347 e. The zero-order valence-electron chi connectivity index (χ0n) is 7.06. The van der Waals surface area contributed by atoms with E-state index in [0.717, 1.165) is 10.9 Å². The van der Waals surface area contributed by atoms with Crippen molar-refractivity contribution < 1.29 is 4.79 Å². The molecule has 13 heavy (non-hydrogen) atoms. The molecule has 0 unspecified atom stereocenters. The fraction of sp³-hybridized carbons (Fsp3) is 0.111. The zero-order chi connectivity index (χ0) is 9.26. The summed E-state index contributed by atoms with van der Waals surface area (Å²) < 4.78 is 1.87. The molecule has 4 heteroatoms. The number of aromatic nitrogens is 2. The lowest BCUT2D eigenvalue weighted by Gasteiger charge is -1.91. The highest BCUT2D eigenvalue weighted by Crippen LogP contribution is 2.25. The van der Waals surface area contributed by atoms with E-state index in [-0.39, 0.29) is 0 Å². The minimum Gasteiger partial charge on any atom is -0.347 e. The standard InChI is InChI=1S/C9H7N3O/c1-12-5-8(11-6-13)7-2-3-10-4-9(7)12/h2-5H,1H3. The van der Waals surface area contributed by atoms with Gasteiger partial charge in [0.15, 0.2) is 0 Å². The highest BCUT2D eigenvalue weighted by atomic mass is 16.1. The van der Waals surface area contributed by atoms with Crippen LogP contribution in [-0.4, -0.2) is 15.6 Å². The Hall–Kier alpha value is -1.93. The van der Waals surface area contributed by atoms with Crippen LogP contribution in [0.5, 0.6) is 0 Å². The zero-order valence-corrected chi connectivity index (χ0v) is 7.06. The maximum absolute atomic E-state index is 10.1. The molecule has 4 nitrogen and oxygen atoms in total. The molecule has 0 aliphatic rings. The van der Waals surface area contributed by atoms with E-state index in [0.29, 0.717) is 5.69 Å². The molecule has 2 rings (SSSR count). The average molecular weight is 173 g/mol. The van der Waals surface area contributed by atoms with Crippen LogP contribution < -0.4 is 0 Å². The van der Waals surface area contributed by atoms with Crippen LogP contribution in [0.2, 0.25) is 0 Å². The summed E-state index contributed by atoms with van der Waals surface area (Å²) in [7, 11) is 1.88. The summed E-state index contributed by atoms with van der Waals surface area (Å²) in [6, 6.07) is 1.82. The second kappa shape index (κ2) is 2.84. The Morgan fingerprint density at radius 1 is 1.62 bits per heavy atom. The van der Waals surface area contributed by atoms with Crippen LogP contribution in [0.25, 0.3) is 10.9 Å². The molecule has 0 fully saturated rings. The predicted octanol–water partition coefficient (Wildman–Crippen LogP) is 1.54. The highest BCUT2D eigenvalue weighted by Gasteiger charge is 2.03. The number of fused-ring (bicyclic) bond motifs is 1. The number of hydrogen-bond donors (Lipinski definition) is 0. The number of aliphatic imine (C=N–C) groups is 1. The fourth-order valence-corrected chi connectivity index (χ4v) is 1.34. The Bertz CT molecular complexity index is 495. The number of carbonyl (C=O) groups excluding carboxylic acids is 1. The number of rotatable bonds is 1. The third-order valence-electron chi connectivity index (χ3n) is 1.94. The van der Waals surface area contributed by atoms with Gasteiger partial charge >= 0.3 is 0 Å². The van der Waals surface area contributed by atoms with Crippen LogP contribution in [0.3, 0.4) is 0 Å². The summed E-state index contributed by atoms with van der Waals surface area (Å²) in [5.74, 6) is 0. The molecule has 2 aromatic heterocycles. The quantitative estimate of drug-likeness (QED) is 0.485. The average Bonchev–Trinajstić information content (AvgIpc) is 2.46. The normalized spacial score (nSPS) is 9.92. The summed E-state index contributed by atoms with van der Waals surface area (Å²) in [6.07, 6.45) is 6.71. The fourth-order valence-electron chi connectivity index (χ4n) is 1.34. The molecule has 2 heterocycles. The summed E-state index contributed by atoms with van der Waals surface area (Å²) in [6.45, 7) is 0. The molecule has 64 valence electrons. The summed E-state index contributed by atoms with van der Waals surface area (Å²) in [4.78, 5) is 17.7. The van der Waals surface area contributed by atoms with E-state index in [9.17, 15) is 4.79 Å². The van der Waals surface area contributed by atoms with Gasteiger partial charge in [-0.2, -0.15) is 4.99 Å². The van der Waals surface area contributed by atoms with Gasteiger partial charge < -0.3 is 4.57 Å². The summed E-state index contributed by atoms with van der Waals surface area (Å²) in [5.41, 5.74) is 1.59. The van der Waals surface area contributed by atoms with Crippen molar-refractivity contribution in [2.24, 2.45) is 12.0 Å². The second-order valence-corrected chi connectivity index (χ2v) is 2.72. The molecule has 0 amide bonds. The molecule has 0 aliphatic heterocycles. The van der Waals surface area contributed by atoms with E-state index in [1.807, 2.05) is 17.7 Å². The van der Waals surface area contributed by atoms with Gasteiger partial charge in [-0.1, -0.05) is 0 Å². The van der Waals surface area contributed by atoms with E-state index >= 15 is 0 Å². The number of nitrogens with zero attached hydrogens (tertiary/aromatic N) is 3. The molecule has 0 aliphatic carbocycles. The van der Waals surface area contributed by atoms with Gasteiger partial charge in [0.2, 0.25) is 6.08 Å². The lowest BCUT2D eigenvalue weighted by Crippen LogP contribution is -1.83. The molecule has 0 saturated heterocycles. The lowest BCUT2D eigenvalue weighted by molar-refractivity contribution is 0.565. The van der Waals surface area contributed by atoms with Crippen molar-refractivity contribution in [3.8, 4) is 0 Å². The van der Waals surface area contributed by atoms with E-state index in [1.165, 1.54) is 6.08 Å². The van der Waals surface area contributed by atoms with Crippen molar-refractivity contribution in [3.63, 3.8) is 0 Å². The van der Waals surface area contributed by atoms with Gasteiger partial charge in [0.25, 0.3) is 0 Å². The smallest absolute Gasteiger partial charge is 0.240 e. The second-order valence-electron chi connectivity index (χ2n) is 2.72. The van der Waals surface area contributed by atoms with E-state index in [4.69, 9.17) is 0 Å². The number of isocyanates is 1. The molecule has 2 aromatic rings. The maximum atomic E-state index is 10.1. The first-order valence-electron chi connectivity index (χ1n) is 3.80. The maximum Gasteiger partial charge on any atom is 0.240 e. The monoisotopic (exact) mass is 173 g/mol. The first-order chi connectivity index (χ1) is 6.33. The molecule has 0 saturated carbocycles. The lowest BCUT2D eigenvalue weighted by atomic mass is 10.3. The summed E-state index contributed by atoms with van der Waals surface area (Å²) >= 11 is 0. The van der Waals surface area contributed by atoms with Gasteiger partial charge in [-0.05, 0) is 6.07 Å². The van der Waals surface area contributed by atoms with Crippen LogP contribution >= 0.6 is 0 Å². The van der Waals surface area contributed by atoms with Gasteiger partial charge in [0.1, 0.15) is 5.69 Å². The minimum absolute atomic E-state index is 0.634. The van der Waals surface area contributed by atoms with Crippen LogP contribution in [0.15, 0.2) is 29.6 Å². The van der Waals surface area contributed by atoms with Gasteiger partial charge in [-0.3, -0.25) is 4.98 Å². The van der Waals surface area contributed by atoms with Gasteiger partial charge in [-0.15, -0.1) is 0 Å². The molecule has 0 aromatic carbocycles. The van der Waals surface area contributed by atoms with E-state index in [1.54, 1.807) is 18.6 Å². The molecule has 0 spiro atoms. The molecular formula is C9H7N3O. The highest BCUT2D eigenvalue weighted by molar-refractivity contribution is 5.91. The molecule has 0 bridgehead atoms. The van der Waals surface area contributed by atoms with E-state index < -0.39 is 0 Å². The molecular weight excluding hydrogens is 166 g/mol. The number of hydrogen-bond acceptors (Lipinski definition) is 3. The Morgan fingerprint density at radius 2 is 2.46 bits per heavy atom. The summed E-state index contributed by atoms with van der Waals surface area (Å²) in [5, 5.41) is 0.917. The van der Waals surface area contributed by atoms with Gasteiger partial charge in [0, 0.05) is 24.8 Å². The van der Waals surface area contributed by atoms with Crippen LogP contribution in [0, 0.1) is 0 Å². The minimum atomic E-state index is 0.634. The van der Waals surface area contributed by atoms with E-state index in [2.05, 4.69) is 9.98 Å². The topological polar surface area (TPSA) is 47.2 Å². The van der Waals surface area contributed by atoms with Crippen molar-refractivity contribution in [1.82, 2.24) is 9.55 Å². The first-order valence-corrected chi connectivity index (χ1v) is 3.80. The molecule has 0 atom stereocenters. The van der Waals surface area contributed by atoms with Crippen LogP contribution in [-0.2, 0) is 11.8 Å². The van der Waals surface area contributed by atoms with Gasteiger partial charge in [0.05, 0.1) is 11.7 Å². The Balaban J connectivity index is 2.85. The third-order valence-corrected chi connectivity index (χ3v) is 1.94. The molecule has 0 N–H and O–H groups in total. The third kappa shape index (κ3) is 1.13.